The number of anilines is 2. The van der Waals surface area contributed by atoms with Gasteiger partial charge in [0.15, 0.2) is 0 Å². The van der Waals surface area contributed by atoms with Gasteiger partial charge in [-0.3, -0.25) is 9.90 Å². The van der Waals surface area contributed by atoms with E-state index in [1.807, 2.05) is 0 Å². The number of hydrogen-bond acceptors (Lipinski definition) is 5. The molecule has 0 heterocycles. The van der Waals surface area contributed by atoms with Crippen LogP contribution >= 0.6 is 0 Å². The second-order valence-electron chi connectivity index (χ2n) is 3.69. The summed E-state index contributed by atoms with van der Waals surface area (Å²) in [5.41, 5.74) is 6.72. The van der Waals surface area contributed by atoms with Crippen molar-refractivity contribution >= 4 is 21.4 Å². The summed E-state index contributed by atoms with van der Waals surface area (Å²) in [4.78, 5) is 5.17. The fourth-order valence-corrected chi connectivity index (χ4v) is 2.19. The molecule has 1 aromatic rings. The summed E-state index contributed by atoms with van der Waals surface area (Å²) in [6, 6.07) is 4.49. The van der Waals surface area contributed by atoms with Gasteiger partial charge in [0.05, 0.1) is 23.4 Å². The molecule has 6 nitrogen and oxygen atoms in total. The van der Waals surface area contributed by atoms with Crippen molar-refractivity contribution in [2.24, 2.45) is 0 Å². The first kappa shape index (κ1) is 13.8. The van der Waals surface area contributed by atoms with Gasteiger partial charge in [-0.15, -0.1) is 0 Å². The first-order valence-corrected chi connectivity index (χ1v) is 6.34. The normalized spacial score (nSPS) is 11.8. The SMILES string of the molecule is CON(C)c1cc(S(=O)(=O)N(C)C)ccc1N. The van der Waals surface area contributed by atoms with E-state index in [4.69, 9.17) is 10.6 Å². The third kappa shape index (κ3) is 2.68. The second kappa shape index (κ2) is 4.91. The molecule has 17 heavy (non-hydrogen) atoms. The molecular weight excluding hydrogens is 242 g/mol. The molecule has 0 radical (unpaired) electrons. The molecule has 0 aliphatic rings. The zero-order valence-corrected chi connectivity index (χ0v) is 11.2. The van der Waals surface area contributed by atoms with Gasteiger partial charge in [0, 0.05) is 21.1 Å². The van der Waals surface area contributed by atoms with Crippen molar-refractivity contribution in [1.29, 1.82) is 0 Å². The highest BCUT2D eigenvalue weighted by Crippen LogP contribution is 2.26. The fraction of sp³-hybridized carbons (Fsp3) is 0.400. The van der Waals surface area contributed by atoms with Gasteiger partial charge in [0.1, 0.15) is 0 Å². The molecule has 0 unspecified atom stereocenters. The minimum absolute atomic E-state index is 0.176. The molecule has 0 fully saturated rings. The van der Waals surface area contributed by atoms with Crippen molar-refractivity contribution in [3.63, 3.8) is 0 Å². The van der Waals surface area contributed by atoms with Crippen LogP contribution in [-0.4, -0.2) is 41.0 Å². The summed E-state index contributed by atoms with van der Waals surface area (Å²) in [6.07, 6.45) is 0. The minimum atomic E-state index is -3.46. The van der Waals surface area contributed by atoms with Crippen LogP contribution in [-0.2, 0) is 14.9 Å². The van der Waals surface area contributed by atoms with Crippen LogP contribution in [0.4, 0.5) is 11.4 Å². The second-order valence-corrected chi connectivity index (χ2v) is 5.84. The van der Waals surface area contributed by atoms with E-state index in [1.54, 1.807) is 13.1 Å². The monoisotopic (exact) mass is 259 g/mol. The van der Waals surface area contributed by atoms with Crippen LogP contribution in [0, 0.1) is 0 Å². The van der Waals surface area contributed by atoms with Gasteiger partial charge >= 0.3 is 0 Å². The van der Waals surface area contributed by atoms with E-state index in [1.165, 1.54) is 38.4 Å². The van der Waals surface area contributed by atoms with Crippen LogP contribution in [0.1, 0.15) is 0 Å². The lowest BCUT2D eigenvalue weighted by atomic mass is 10.3. The quantitative estimate of drug-likeness (QED) is 0.630. The molecule has 7 heteroatoms. The Balaban J connectivity index is 3.32. The number of sulfonamides is 1. The summed E-state index contributed by atoms with van der Waals surface area (Å²) in [6.45, 7) is 0. The van der Waals surface area contributed by atoms with E-state index in [9.17, 15) is 8.42 Å². The van der Waals surface area contributed by atoms with E-state index in [2.05, 4.69) is 0 Å². The van der Waals surface area contributed by atoms with E-state index in [0.717, 1.165) is 4.31 Å². The summed E-state index contributed by atoms with van der Waals surface area (Å²) >= 11 is 0. The molecule has 0 bridgehead atoms. The zero-order chi connectivity index (χ0) is 13.2. The maximum Gasteiger partial charge on any atom is 0.242 e. The van der Waals surface area contributed by atoms with Crippen LogP contribution in [0.25, 0.3) is 0 Å². The highest BCUT2D eigenvalue weighted by molar-refractivity contribution is 7.89. The van der Waals surface area contributed by atoms with Gasteiger partial charge < -0.3 is 5.73 Å². The average Bonchev–Trinajstić information content (AvgIpc) is 2.28. The van der Waals surface area contributed by atoms with Crippen molar-refractivity contribution in [3.05, 3.63) is 18.2 Å². The molecule has 0 atom stereocenters. The molecule has 0 aliphatic heterocycles. The van der Waals surface area contributed by atoms with E-state index >= 15 is 0 Å². The van der Waals surface area contributed by atoms with Gasteiger partial charge in [-0.05, 0) is 18.2 Å². The highest BCUT2D eigenvalue weighted by Gasteiger charge is 2.19. The predicted octanol–water partition coefficient (Wildman–Crippen LogP) is 0.517. The molecule has 0 spiro atoms. The van der Waals surface area contributed by atoms with Crippen LogP contribution < -0.4 is 10.8 Å². The third-order valence-corrected chi connectivity index (χ3v) is 4.20. The van der Waals surface area contributed by atoms with Gasteiger partial charge in [-0.2, -0.15) is 0 Å². The summed E-state index contributed by atoms with van der Waals surface area (Å²) in [5, 5.41) is 1.41. The molecule has 1 aromatic carbocycles. The van der Waals surface area contributed by atoms with Gasteiger partial charge in [0.25, 0.3) is 0 Å². The van der Waals surface area contributed by atoms with Gasteiger partial charge in [0.2, 0.25) is 10.0 Å². The van der Waals surface area contributed by atoms with Crippen LogP contribution in [0.15, 0.2) is 23.1 Å². The molecule has 1 rings (SSSR count). The molecule has 0 aromatic heterocycles. The van der Waals surface area contributed by atoms with Crippen LogP contribution in [0.2, 0.25) is 0 Å². The molecule has 96 valence electrons. The van der Waals surface area contributed by atoms with Crippen LogP contribution in [0.5, 0.6) is 0 Å². The molecule has 2 N–H and O–H groups in total. The van der Waals surface area contributed by atoms with Crippen molar-refractivity contribution in [1.82, 2.24) is 4.31 Å². The number of hydroxylamine groups is 1. The standard InChI is InChI=1S/C10H17N3O3S/c1-12(2)17(14,15)8-5-6-9(11)10(7-8)13(3)16-4/h5-7H,11H2,1-4H3. The number of hydrogen-bond donors (Lipinski definition) is 1. The average molecular weight is 259 g/mol. The van der Waals surface area contributed by atoms with E-state index in [0.29, 0.717) is 11.4 Å². The lowest BCUT2D eigenvalue weighted by Crippen LogP contribution is -2.23. The molecule has 0 amide bonds. The number of nitrogen functional groups attached to an aromatic ring is 1. The van der Waals surface area contributed by atoms with E-state index < -0.39 is 10.0 Å². The molecule has 0 saturated heterocycles. The smallest absolute Gasteiger partial charge is 0.242 e. The van der Waals surface area contributed by atoms with Crippen LogP contribution in [0.3, 0.4) is 0 Å². The lowest BCUT2D eigenvalue weighted by Gasteiger charge is -2.19. The zero-order valence-electron chi connectivity index (χ0n) is 10.3. The fourth-order valence-electron chi connectivity index (χ4n) is 1.27. The van der Waals surface area contributed by atoms with Crippen molar-refractivity contribution in [2.45, 2.75) is 4.90 Å². The molecule has 0 aliphatic carbocycles. The number of benzene rings is 1. The number of nitrogens with two attached hydrogens (primary N) is 1. The van der Waals surface area contributed by atoms with Crippen molar-refractivity contribution in [3.8, 4) is 0 Å². The Bertz CT molecular complexity index is 500. The number of rotatable bonds is 4. The first-order valence-electron chi connectivity index (χ1n) is 4.90. The summed E-state index contributed by atoms with van der Waals surface area (Å²) in [7, 11) is 2.62. The highest BCUT2D eigenvalue weighted by atomic mass is 32.2. The van der Waals surface area contributed by atoms with Crippen molar-refractivity contribution in [2.75, 3.05) is 39.0 Å². The first-order chi connectivity index (χ1) is 7.80. The summed E-state index contributed by atoms with van der Waals surface area (Å²) < 4.78 is 25.0. The Kier molecular flexibility index (Phi) is 3.97. The Hall–Kier alpha value is -1.31. The van der Waals surface area contributed by atoms with Crippen molar-refractivity contribution < 1.29 is 13.3 Å². The molecular formula is C10H17N3O3S. The van der Waals surface area contributed by atoms with Gasteiger partial charge in [-0.25, -0.2) is 12.7 Å². The number of nitrogens with zero attached hydrogens (tertiary/aromatic N) is 2. The topological polar surface area (TPSA) is 75.9 Å². The Morgan fingerprint density at radius 3 is 2.29 bits per heavy atom. The summed E-state index contributed by atoms with van der Waals surface area (Å²) in [5.74, 6) is 0. The molecule has 0 saturated carbocycles. The largest absolute Gasteiger partial charge is 0.397 e. The van der Waals surface area contributed by atoms with E-state index in [-0.39, 0.29) is 4.90 Å². The Morgan fingerprint density at radius 2 is 1.82 bits per heavy atom. The Labute approximate surface area is 102 Å². The predicted molar refractivity (Wildman–Crippen MR) is 67.1 cm³/mol. The minimum Gasteiger partial charge on any atom is -0.397 e. The maximum atomic E-state index is 11.9. The lowest BCUT2D eigenvalue weighted by molar-refractivity contribution is 0.185. The third-order valence-electron chi connectivity index (χ3n) is 2.39. The Morgan fingerprint density at radius 1 is 1.24 bits per heavy atom. The van der Waals surface area contributed by atoms with Gasteiger partial charge in [-0.1, -0.05) is 0 Å². The maximum absolute atomic E-state index is 11.9.